The van der Waals surface area contributed by atoms with E-state index in [-0.39, 0.29) is 18.6 Å². The number of para-hydroxylation sites is 1. The molecule has 0 amide bonds. The summed E-state index contributed by atoms with van der Waals surface area (Å²) in [6.45, 7) is 7.87. The topological polar surface area (TPSA) is 61.7 Å². The van der Waals surface area contributed by atoms with Crippen LogP contribution < -0.4 is 10.1 Å². The Morgan fingerprint density at radius 3 is 2.65 bits per heavy atom. The van der Waals surface area contributed by atoms with Gasteiger partial charge in [0.15, 0.2) is 0 Å². The Hall–Kier alpha value is -1.10. The molecule has 4 heteroatoms. The average Bonchev–Trinajstić information content (AvgIpc) is 2.37. The highest BCUT2D eigenvalue weighted by molar-refractivity contribution is 5.31. The van der Waals surface area contributed by atoms with Crippen molar-refractivity contribution in [1.29, 1.82) is 0 Å². The second-order valence-electron chi connectivity index (χ2n) is 6.00. The van der Waals surface area contributed by atoms with Gasteiger partial charge >= 0.3 is 0 Å². The maximum atomic E-state index is 9.89. The van der Waals surface area contributed by atoms with Crippen LogP contribution in [0.5, 0.6) is 5.75 Å². The summed E-state index contributed by atoms with van der Waals surface area (Å²) >= 11 is 0. The fourth-order valence-electron chi connectivity index (χ4n) is 1.93. The van der Waals surface area contributed by atoms with E-state index in [4.69, 9.17) is 9.84 Å². The number of aliphatic hydroxyl groups excluding tert-OH is 2. The minimum Gasteiger partial charge on any atom is -0.491 e. The fourth-order valence-corrected chi connectivity index (χ4v) is 1.93. The van der Waals surface area contributed by atoms with Gasteiger partial charge in [0.05, 0.1) is 0 Å². The maximum Gasteiger partial charge on any atom is 0.122 e. The van der Waals surface area contributed by atoms with E-state index in [1.54, 1.807) is 0 Å². The molecular weight excluding hydrogens is 254 g/mol. The van der Waals surface area contributed by atoms with Gasteiger partial charge in [-0.25, -0.2) is 0 Å². The highest BCUT2D eigenvalue weighted by atomic mass is 16.5. The second-order valence-corrected chi connectivity index (χ2v) is 6.00. The lowest BCUT2D eigenvalue weighted by Gasteiger charge is -2.24. The summed E-state index contributed by atoms with van der Waals surface area (Å²) in [5.74, 6) is 0.812. The van der Waals surface area contributed by atoms with Gasteiger partial charge in [0, 0.05) is 19.7 Å². The normalized spacial score (nSPS) is 13.2. The van der Waals surface area contributed by atoms with E-state index >= 15 is 0 Å². The zero-order valence-electron chi connectivity index (χ0n) is 12.7. The van der Waals surface area contributed by atoms with Crippen LogP contribution in [0.1, 0.15) is 25.8 Å². The number of hydrogen-bond donors (Lipinski definition) is 3. The number of nitrogens with one attached hydrogen (secondary N) is 1. The Morgan fingerprint density at radius 1 is 1.30 bits per heavy atom. The zero-order chi connectivity index (χ0) is 15.0. The Labute approximate surface area is 121 Å². The summed E-state index contributed by atoms with van der Waals surface area (Å²) in [5, 5.41) is 22.1. The van der Waals surface area contributed by atoms with Crippen molar-refractivity contribution in [3.05, 3.63) is 29.8 Å². The third-order valence-electron chi connectivity index (χ3n) is 3.30. The van der Waals surface area contributed by atoms with Crippen molar-refractivity contribution in [2.75, 3.05) is 26.3 Å². The molecule has 0 bridgehead atoms. The van der Waals surface area contributed by atoms with Gasteiger partial charge in [-0.3, -0.25) is 0 Å². The molecular formula is C16H27NO3. The zero-order valence-corrected chi connectivity index (χ0v) is 12.7. The van der Waals surface area contributed by atoms with Crippen molar-refractivity contribution in [3.63, 3.8) is 0 Å². The number of benzene rings is 1. The first-order chi connectivity index (χ1) is 9.44. The van der Waals surface area contributed by atoms with Crippen LogP contribution >= 0.6 is 0 Å². The van der Waals surface area contributed by atoms with Gasteiger partial charge in [0.25, 0.3) is 0 Å². The van der Waals surface area contributed by atoms with Crippen LogP contribution in [-0.4, -0.2) is 42.6 Å². The van der Waals surface area contributed by atoms with Crippen molar-refractivity contribution in [3.8, 4) is 5.75 Å². The molecule has 0 saturated heterocycles. The molecule has 1 atom stereocenters. The molecule has 1 aromatic carbocycles. The minimum atomic E-state index is -0.542. The Kier molecular flexibility index (Phi) is 6.99. The monoisotopic (exact) mass is 281 g/mol. The highest BCUT2D eigenvalue weighted by Crippen LogP contribution is 2.18. The molecule has 1 rings (SSSR count). The fraction of sp³-hybridized carbons (Fsp3) is 0.625. The molecule has 4 nitrogen and oxygen atoms in total. The number of hydrogen-bond acceptors (Lipinski definition) is 4. The number of rotatable bonds is 9. The van der Waals surface area contributed by atoms with Gasteiger partial charge in [-0.15, -0.1) is 0 Å². The molecule has 0 aliphatic rings. The molecule has 0 saturated carbocycles. The van der Waals surface area contributed by atoms with Crippen LogP contribution in [-0.2, 0) is 0 Å². The van der Waals surface area contributed by atoms with Crippen molar-refractivity contribution >= 4 is 0 Å². The van der Waals surface area contributed by atoms with Gasteiger partial charge in [-0.1, -0.05) is 32.0 Å². The van der Waals surface area contributed by atoms with E-state index in [2.05, 4.69) is 19.2 Å². The Balaban J connectivity index is 2.24. The molecule has 0 spiro atoms. The smallest absolute Gasteiger partial charge is 0.122 e. The molecule has 0 aromatic heterocycles. The van der Waals surface area contributed by atoms with Crippen molar-refractivity contribution in [2.45, 2.75) is 33.3 Å². The van der Waals surface area contributed by atoms with Crippen LogP contribution in [0, 0.1) is 12.3 Å². The standard InChI is InChI=1S/C16H27NO3/c1-13-6-4-5-7-15(13)20-11-14(19)10-17-12-16(2,3)8-9-18/h4-7,14,17-19H,8-12H2,1-3H3. The van der Waals surface area contributed by atoms with E-state index in [1.807, 2.05) is 31.2 Å². The van der Waals surface area contributed by atoms with Crippen LogP contribution in [0.4, 0.5) is 0 Å². The molecule has 0 aliphatic carbocycles. The third kappa shape index (κ3) is 6.37. The van der Waals surface area contributed by atoms with Crippen LogP contribution in [0.2, 0.25) is 0 Å². The molecule has 0 radical (unpaired) electrons. The SMILES string of the molecule is Cc1ccccc1OCC(O)CNCC(C)(C)CCO. The molecule has 0 fully saturated rings. The molecule has 1 aromatic rings. The van der Waals surface area contributed by atoms with Gasteiger partial charge in [0.2, 0.25) is 0 Å². The van der Waals surface area contributed by atoms with Gasteiger partial charge in [0.1, 0.15) is 18.5 Å². The largest absolute Gasteiger partial charge is 0.491 e. The summed E-state index contributed by atoms with van der Waals surface area (Å²) in [7, 11) is 0. The van der Waals surface area contributed by atoms with Crippen LogP contribution in [0.15, 0.2) is 24.3 Å². The van der Waals surface area contributed by atoms with E-state index in [9.17, 15) is 5.11 Å². The van der Waals surface area contributed by atoms with Gasteiger partial charge in [-0.2, -0.15) is 0 Å². The average molecular weight is 281 g/mol. The summed E-state index contributed by atoms with van der Waals surface area (Å²) in [6.07, 6.45) is 0.204. The molecule has 3 N–H and O–H groups in total. The first kappa shape index (κ1) is 17.0. The van der Waals surface area contributed by atoms with E-state index in [0.29, 0.717) is 6.54 Å². The number of ether oxygens (including phenoxy) is 1. The predicted octanol–water partition coefficient (Wildman–Crippen LogP) is 1.73. The summed E-state index contributed by atoms with van der Waals surface area (Å²) in [6, 6.07) is 7.77. The van der Waals surface area contributed by atoms with E-state index < -0.39 is 6.10 Å². The quantitative estimate of drug-likeness (QED) is 0.645. The van der Waals surface area contributed by atoms with Crippen molar-refractivity contribution < 1.29 is 14.9 Å². The summed E-state index contributed by atoms with van der Waals surface area (Å²) in [4.78, 5) is 0. The van der Waals surface area contributed by atoms with Crippen molar-refractivity contribution in [1.82, 2.24) is 5.32 Å². The molecule has 20 heavy (non-hydrogen) atoms. The number of aryl methyl sites for hydroxylation is 1. The van der Waals surface area contributed by atoms with Crippen molar-refractivity contribution in [2.24, 2.45) is 5.41 Å². The minimum absolute atomic E-state index is 0.0331. The maximum absolute atomic E-state index is 9.89. The van der Waals surface area contributed by atoms with E-state index in [0.717, 1.165) is 24.3 Å². The Bertz CT molecular complexity index is 393. The molecule has 0 aliphatic heterocycles. The molecule has 114 valence electrons. The second kappa shape index (κ2) is 8.25. The lowest BCUT2D eigenvalue weighted by molar-refractivity contribution is 0.102. The number of aliphatic hydroxyl groups is 2. The molecule has 1 unspecified atom stereocenters. The third-order valence-corrected chi connectivity index (χ3v) is 3.30. The first-order valence-electron chi connectivity index (χ1n) is 7.13. The van der Waals surface area contributed by atoms with Crippen LogP contribution in [0.25, 0.3) is 0 Å². The van der Waals surface area contributed by atoms with Gasteiger partial charge in [-0.05, 0) is 30.4 Å². The lowest BCUT2D eigenvalue weighted by atomic mass is 9.90. The predicted molar refractivity (Wildman–Crippen MR) is 81.0 cm³/mol. The summed E-state index contributed by atoms with van der Waals surface area (Å²) in [5.41, 5.74) is 1.10. The molecule has 0 heterocycles. The Morgan fingerprint density at radius 2 is 2.00 bits per heavy atom. The lowest BCUT2D eigenvalue weighted by Crippen LogP contribution is -2.37. The van der Waals surface area contributed by atoms with Crippen LogP contribution in [0.3, 0.4) is 0 Å². The summed E-state index contributed by atoms with van der Waals surface area (Å²) < 4.78 is 5.60. The first-order valence-corrected chi connectivity index (χ1v) is 7.13. The van der Waals surface area contributed by atoms with E-state index in [1.165, 1.54) is 0 Å². The van der Waals surface area contributed by atoms with Gasteiger partial charge < -0.3 is 20.3 Å². The highest BCUT2D eigenvalue weighted by Gasteiger charge is 2.17.